The van der Waals surface area contributed by atoms with E-state index in [4.69, 9.17) is 5.11 Å². The molecule has 1 N–H and O–H groups in total. The molecule has 0 heterocycles. The molecule has 1 rings (SSSR count). The average Bonchev–Trinajstić information content (AvgIpc) is 1.94. The molecule has 0 aromatic carbocycles. The zero-order chi connectivity index (χ0) is 9.03. The monoisotopic (exact) mass is 188 g/mol. The van der Waals surface area contributed by atoms with Gasteiger partial charge in [-0.2, -0.15) is 11.8 Å². The minimum Gasteiger partial charge on any atom is -0.481 e. The lowest BCUT2D eigenvalue weighted by atomic mass is 9.67. The van der Waals surface area contributed by atoms with Crippen LogP contribution in [0.25, 0.3) is 0 Å². The summed E-state index contributed by atoms with van der Waals surface area (Å²) in [5.41, 5.74) is -0.331. The number of carboxylic acids is 1. The molecule has 2 nitrogen and oxygen atoms in total. The van der Waals surface area contributed by atoms with Gasteiger partial charge in [-0.15, -0.1) is 0 Å². The molecule has 1 fully saturated rings. The topological polar surface area (TPSA) is 37.3 Å². The molecule has 0 unspecified atom stereocenters. The van der Waals surface area contributed by atoms with E-state index in [0.29, 0.717) is 0 Å². The first-order valence-electron chi connectivity index (χ1n) is 4.52. The molecule has 0 amide bonds. The quantitative estimate of drug-likeness (QED) is 0.673. The Morgan fingerprint density at radius 3 is 2.58 bits per heavy atom. The molecule has 1 aliphatic rings. The number of rotatable bonds is 5. The number of thioether (sulfide) groups is 1. The number of hydrogen-bond acceptors (Lipinski definition) is 2. The highest BCUT2D eigenvalue weighted by Crippen LogP contribution is 2.44. The summed E-state index contributed by atoms with van der Waals surface area (Å²) in [7, 11) is 0. The van der Waals surface area contributed by atoms with E-state index in [1.807, 2.05) is 11.8 Å². The van der Waals surface area contributed by atoms with Gasteiger partial charge in [-0.3, -0.25) is 4.79 Å². The summed E-state index contributed by atoms with van der Waals surface area (Å²) >= 11 is 1.84. The molecule has 0 bridgehead atoms. The van der Waals surface area contributed by atoms with Crippen molar-refractivity contribution in [3.05, 3.63) is 0 Å². The highest BCUT2D eigenvalue weighted by Gasteiger charge is 2.43. The van der Waals surface area contributed by atoms with Crippen molar-refractivity contribution in [2.75, 3.05) is 11.5 Å². The van der Waals surface area contributed by atoms with Gasteiger partial charge in [0.1, 0.15) is 0 Å². The van der Waals surface area contributed by atoms with Crippen LogP contribution in [0.1, 0.15) is 32.6 Å². The number of carbonyl (C=O) groups is 1. The summed E-state index contributed by atoms with van der Waals surface area (Å²) < 4.78 is 0. The number of aliphatic carboxylic acids is 1. The van der Waals surface area contributed by atoms with E-state index in [-0.39, 0.29) is 5.41 Å². The predicted molar refractivity (Wildman–Crippen MR) is 51.5 cm³/mol. The normalized spacial score (nSPS) is 20.1. The Bertz CT molecular complexity index is 164. The summed E-state index contributed by atoms with van der Waals surface area (Å²) in [5.74, 6) is 1.52. The van der Waals surface area contributed by atoms with Gasteiger partial charge in [0.15, 0.2) is 0 Å². The molecule has 3 heteroatoms. The minimum absolute atomic E-state index is 0.331. The third-order valence-corrected chi connectivity index (χ3v) is 3.59. The molecular formula is C9H16O2S. The van der Waals surface area contributed by atoms with Crippen molar-refractivity contribution in [2.24, 2.45) is 5.41 Å². The van der Waals surface area contributed by atoms with E-state index >= 15 is 0 Å². The number of carboxylic acid groups (broad SMARTS) is 1. The van der Waals surface area contributed by atoms with E-state index in [0.717, 1.165) is 37.2 Å². The van der Waals surface area contributed by atoms with Crippen LogP contribution in [0.2, 0.25) is 0 Å². The Balaban J connectivity index is 2.30. The molecule has 0 aliphatic heterocycles. The van der Waals surface area contributed by atoms with Crippen molar-refractivity contribution in [3.63, 3.8) is 0 Å². The predicted octanol–water partition coefficient (Wildman–Crippen LogP) is 2.38. The lowest BCUT2D eigenvalue weighted by molar-refractivity contribution is -0.154. The van der Waals surface area contributed by atoms with Crippen LogP contribution in [0, 0.1) is 5.41 Å². The third kappa shape index (κ3) is 1.94. The first-order valence-corrected chi connectivity index (χ1v) is 5.68. The maximum atomic E-state index is 10.9. The molecule has 0 aromatic rings. The van der Waals surface area contributed by atoms with Crippen LogP contribution < -0.4 is 0 Å². The van der Waals surface area contributed by atoms with Crippen LogP contribution in [-0.2, 0) is 4.79 Å². The summed E-state index contributed by atoms with van der Waals surface area (Å²) in [6.45, 7) is 2.11. The molecule has 12 heavy (non-hydrogen) atoms. The highest BCUT2D eigenvalue weighted by molar-refractivity contribution is 7.99. The van der Waals surface area contributed by atoms with E-state index in [1.54, 1.807) is 0 Å². The van der Waals surface area contributed by atoms with Crippen LogP contribution >= 0.6 is 11.8 Å². The van der Waals surface area contributed by atoms with Gasteiger partial charge in [0.05, 0.1) is 5.41 Å². The summed E-state index contributed by atoms with van der Waals surface area (Å²) in [4.78, 5) is 10.9. The first kappa shape index (κ1) is 9.90. The fourth-order valence-electron chi connectivity index (χ4n) is 1.59. The Morgan fingerprint density at radius 1 is 1.58 bits per heavy atom. The molecular weight excluding hydrogens is 172 g/mol. The third-order valence-electron chi connectivity index (χ3n) is 2.69. The van der Waals surface area contributed by atoms with Crippen molar-refractivity contribution < 1.29 is 9.90 Å². The number of hydrogen-bond donors (Lipinski definition) is 1. The summed E-state index contributed by atoms with van der Waals surface area (Å²) in [6, 6.07) is 0. The fourth-order valence-corrected chi connectivity index (χ4v) is 2.41. The second-order valence-electron chi connectivity index (χ2n) is 3.39. The Hall–Kier alpha value is -0.180. The summed E-state index contributed by atoms with van der Waals surface area (Å²) in [6.07, 6.45) is 3.75. The van der Waals surface area contributed by atoms with Crippen molar-refractivity contribution in [2.45, 2.75) is 32.6 Å². The van der Waals surface area contributed by atoms with Crippen molar-refractivity contribution >= 4 is 17.7 Å². The van der Waals surface area contributed by atoms with Gasteiger partial charge in [-0.1, -0.05) is 13.3 Å². The Kier molecular flexibility index (Phi) is 3.44. The van der Waals surface area contributed by atoms with Gasteiger partial charge in [-0.05, 0) is 30.8 Å². The minimum atomic E-state index is -0.578. The van der Waals surface area contributed by atoms with Crippen LogP contribution in [0.15, 0.2) is 0 Å². The summed E-state index contributed by atoms with van der Waals surface area (Å²) in [5, 5.41) is 8.97. The zero-order valence-corrected chi connectivity index (χ0v) is 8.32. The molecule has 0 atom stereocenters. The van der Waals surface area contributed by atoms with Crippen molar-refractivity contribution in [1.82, 2.24) is 0 Å². The second-order valence-corrected chi connectivity index (χ2v) is 4.78. The maximum Gasteiger partial charge on any atom is 0.309 e. The van der Waals surface area contributed by atoms with Crippen LogP contribution in [0.3, 0.4) is 0 Å². The molecule has 70 valence electrons. The van der Waals surface area contributed by atoms with E-state index in [1.165, 1.54) is 0 Å². The van der Waals surface area contributed by atoms with Gasteiger partial charge < -0.3 is 5.11 Å². The molecule has 0 aromatic heterocycles. The van der Waals surface area contributed by atoms with Crippen LogP contribution in [-0.4, -0.2) is 22.6 Å². The molecule has 0 saturated heterocycles. The second kappa shape index (κ2) is 4.17. The van der Waals surface area contributed by atoms with E-state index in [9.17, 15) is 4.79 Å². The lowest BCUT2D eigenvalue weighted by Gasteiger charge is -2.37. The van der Waals surface area contributed by atoms with Gasteiger partial charge in [0.25, 0.3) is 0 Å². The maximum absolute atomic E-state index is 10.9. The van der Waals surface area contributed by atoms with Crippen molar-refractivity contribution in [1.29, 1.82) is 0 Å². The molecule has 1 aliphatic carbocycles. The highest BCUT2D eigenvalue weighted by atomic mass is 32.2. The largest absolute Gasteiger partial charge is 0.481 e. The first-order chi connectivity index (χ1) is 5.71. The van der Waals surface area contributed by atoms with Gasteiger partial charge in [-0.25, -0.2) is 0 Å². The lowest BCUT2D eigenvalue weighted by Crippen LogP contribution is -2.38. The SMILES string of the molecule is CCSCCC1(C(=O)O)CCC1. The molecule has 1 saturated carbocycles. The fraction of sp³-hybridized carbons (Fsp3) is 0.889. The standard InChI is InChI=1S/C9H16O2S/c1-2-12-7-6-9(8(10)11)4-3-5-9/h2-7H2,1H3,(H,10,11). The van der Waals surface area contributed by atoms with E-state index < -0.39 is 5.97 Å². The van der Waals surface area contributed by atoms with Gasteiger partial charge in [0.2, 0.25) is 0 Å². The van der Waals surface area contributed by atoms with Crippen molar-refractivity contribution in [3.8, 4) is 0 Å². The van der Waals surface area contributed by atoms with Gasteiger partial charge in [0, 0.05) is 0 Å². The van der Waals surface area contributed by atoms with E-state index in [2.05, 4.69) is 6.92 Å². The zero-order valence-electron chi connectivity index (χ0n) is 7.51. The Labute approximate surface area is 77.7 Å². The smallest absolute Gasteiger partial charge is 0.309 e. The van der Waals surface area contributed by atoms with Crippen LogP contribution in [0.5, 0.6) is 0 Å². The van der Waals surface area contributed by atoms with Crippen LogP contribution in [0.4, 0.5) is 0 Å². The molecule has 0 radical (unpaired) electrons. The Morgan fingerprint density at radius 2 is 2.25 bits per heavy atom. The van der Waals surface area contributed by atoms with Gasteiger partial charge >= 0.3 is 5.97 Å². The average molecular weight is 188 g/mol. The molecule has 0 spiro atoms.